The zero-order valence-corrected chi connectivity index (χ0v) is 15.5. The van der Waals surface area contributed by atoms with Crippen LogP contribution in [0.3, 0.4) is 0 Å². The summed E-state index contributed by atoms with van der Waals surface area (Å²) in [6, 6.07) is 10.7. The number of carbonyl (C=O) groups is 2. The van der Waals surface area contributed by atoms with Crippen LogP contribution in [0, 0.1) is 5.82 Å². The number of hydrogen-bond acceptors (Lipinski definition) is 5. The number of esters is 2. The smallest absolute Gasteiger partial charge is 0.338 e. The highest BCUT2D eigenvalue weighted by Crippen LogP contribution is 2.28. The molecule has 0 unspecified atom stereocenters. The summed E-state index contributed by atoms with van der Waals surface area (Å²) in [5.74, 6) is -1.04. The van der Waals surface area contributed by atoms with Crippen LogP contribution in [0.15, 0.2) is 79.3 Å². The maximum Gasteiger partial charge on any atom is 0.338 e. The van der Waals surface area contributed by atoms with E-state index in [0.29, 0.717) is 16.9 Å². The number of carbonyl (C=O) groups excluding carboxylic acids is 2. The molecule has 0 N–H and O–H groups in total. The average Bonchev–Trinajstić information content (AvgIpc) is 2.65. The van der Waals surface area contributed by atoms with E-state index < -0.39 is 17.8 Å². The van der Waals surface area contributed by atoms with Gasteiger partial charge in [0.2, 0.25) is 0 Å². The van der Waals surface area contributed by atoms with E-state index in [9.17, 15) is 14.0 Å². The van der Waals surface area contributed by atoms with Crippen molar-refractivity contribution in [3.63, 3.8) is 0 Å². The number of hydrogen-bond donors (Lipinski definition) is 0. The van der Waals surface area contributed by atoms with Crippen molar-refractivity contribution in [3.05, 3.63) is 85.1 Å². The predicted octanol–water partition coefficient (Wildman–Crippen LogP) is 4.94. The lowest BCUT2D eigenvalue weighted by Crippen LogP contribution is -2.07. The van der Waals surface area contributed by atoms with E-state index in [-0.39, 0.29) is 16.9 Å². The number of halogens is 1. The van der Waals surface area contributed by atoms with E-state index in [1.165, 1.54) is 13.0 Å². The van der Waals surface area contributed by atoms with Crippen LogP contribution in [0.2, 0.25) is 0 Å². The molecular formula is C22H19FO5. The van der Waals surface area contributed by atoms with Gasteiger partial charge in [-0.05, 0) is 43.7 Å². The van der Waals surface area contributed by atoms with Crippen LogP contribution < -0.4 is 9.47 Å². The SMILES string of the molecule is C=C(C)C(=O)OC=COc1ccc(-c2ccc(OC(=O)C(=C)C)cc2)c(F)c1. The van der Waals surface area contributed by atoms with Gasteiger partial charge in [0.25, 0.3) is 0 Å². The van der Waals surface area contributed by atoms with Crippen LogP contribution in [-0.2, 0) is 14.3 Å². The first kappa shape index (κ1) is 20.6. The second kappa shape index (κ2) is 9.32. The highest BCUT2D eigenvalue weighted by molar-refractivity contribution is 5.89. The van der Waals surface area contributed by atoms with Gasteiger partial charge in [-0.2, -0.15) is 0 Å². The Balaban J connectivity index is 2.04. The highest BCUT2D eigenvalue weighted by atomic mass is 19.1. The summed E-state index contributed by atoms with van der Waals surface area (Å²) in [6.07, 6.45) is 2.17. The Kier molecular flexibility index (Phi) is 6.87. The third-order valence-corrected chi connectivity index (χ3v) is 3.45. The van der Waals surface area contributed by atoms with Gasteiger partial charge >= 0.3 is 11.9 Å². The number of ether oxygens (including phenoxy) is 3. The first-order valence-corrected chi connectivity index (χ1v) is 8.23. The van der Waals surface area contributed by atoms with E-state index >= 15 is 0 Å². The van der Waals surface area contributed by atoms with Crippen LogP contribution in [0.5, 0.6) is 11.5 Å². The monoisotopic (exact) mass is 382 g/mol. The third kappa shape index (κ3) is 5.67. The summed E-state index contributed by atoms with van der Waals surface area (Å²) in [4.78, 5) is 22.7. The van der Waals surface area contributed by atoms with Gasteiger partial charge in [-0.15, -0.1) is 0 Å². The first-order valence-electron chi connectivity index (χ1n) is 8.23. The molecule has 0 bridgehead atoms. The minimum atomic E-state index is -0.584. The standard InChI is InChI=1S/C22H19FO5/c1-14(2)21(24)27-12-11-26-18-9-10-19(20(23)13-18)16-5-7-17(8-6-16)28-22(25)15(3)4/h5-13H,1,3H2,2,4H3. The Morgan fingerprint density at radius 2 is 1.50 bits per heavy atom. The molecule has 0 saturated heterocycles. The van der Waals surface area contributed by atoms with Crippen LogP contribution in [0.25, 0.3) is 11.1 Å². The molecule has 2 rings (SSSR count). The summed E-state index contributed by atoms with van der Waals surface area (Å²) in [5, 5.41) is 0. The summed E-state index contributed by atoms with van der Waals surface area (Å²) >= 11 is 0. The Labute approximate surface area is 162 Å². The minimum Gasteiger partial charge on any atom is -0.462 e. The van der Waals surface area contributed by atoms with Crippen molar-refractivity contribution in [3.8, 4) is 22.6 Å². The second-order valence-electron chi connectivity index (χ2n) is 5.91. The van der Waals surface area contributed by atoms with Crippen molar-refractivity contribution in [2.75, 3.05) is 0 Å². The second-order valence-corrected chi connectivity index (χ2v) is 5.91. The molecule has 2 aromatic rings. The van der Waals surface area contributed by atoms with E-state index in [2.05, 4.69) is 13.2 Å². The van der Waals surface area contributed by atoms with Gasteiger partial charge in [0.05, 0.1) is 0 Å². The Morgan fingerprint density at radius 3 is 2.07 bits per heavy atom. The molecule has 0 fully saturated rings. The maximum absolute atomic E-state index is 14.4. The lowest BCUT2D eigenvalue weighted by Gasteiger charge is -2.08. The van der Waals surface area contributed by atoms with Gasteiger partial charge in [0.1, 0.15) is 29.8 Å². The average molecular weight is 382 g/mol. The van der Waals surface area contributed by atoms with Gasteiger partial charge < -0.3 is 14.2 Å². The molecule has 0 saturated carbocycles. The molecule has 0 aliphatic rings. The van der Waals surface area contributed by atoms with Gasteiger partial charge in [-0.3, -0.25) is 0 Å². The van der Waals surface area contributed by atoms with Crippen molar-refractivity contribution in [2.24, 2.45) is 0 Å². The summed E-state index contributed by atoms with van der Waals surface area (Å²) in [6.45, 7) is 10.0. The third-order valence-electron chi connectivity index (χ3n) is 3.45. The normalized spacial score (nSPS) is 10.4. The Bertz CT molecular complexity index is 942. The van der Waals surface area contributed by atoms with Crippen LogP contribution in [0.1, 0.15) is 13.8 Å². The molecule has 0 aliphatic heterocycles. The van der Waals surface area contributed by atoms with Crippen molar-refractivity contribution in [2.45, 2.75) is 13.8 Å². The fourth-order valence-corrected chi connectivity index (χ4v) is 2.00. The minimum absolute atomic E-state index is 0.232. The zero-order valence-electron chi connectivity index (χ0n) is 15.5. The molecule has 2 aromatic carbocycles. The van der Waals surface area contributed by atoms with Crippen molar-refractivity contribution >= 4 is 11.9 Å². The quantitative estimate of drug-likeness (QED) is 0.294. The molecule has 0 amide bonds. The molecule has 6 heteroatoms. The fraction of sp³-hybridized carbons (Fsp3) is 0.0909. The fourth-order valence-electron chi connectivity index (χ4n) is 2.00. The first-order chi connectivity index (χ1) is 13.3. The van der Waals surface area contributed by atoms with Gasteiger partial charge in [-0.25, -0.2) is 14.0 Å². The lowest BCUT2D eigenvalue weighted by atomic mass is 10.0. The molecule has 5 nitrogen and oxygen atoms in total. The Hall–Kier alpha value is -3.67. The molecule has 0 atom stereocenters. The van der Waals surface area contributed by atoms with Crippen molar-refractivity contribution in [1.82, 2.24) is 0 Å². The predicted molar refractivity (Wildman–Crippen MR) is 103 cm³/mol. The largest absolute Gasteiger partial charge is 0.462 e. The van der Waals surface area contributed by atoms with Gasteiger partial charge in [-0.1, -0.05) is 25.3 Å². The van der Waals surface area contributed by atoms with Gasteiger partial charge in [0.15, 0.2) is 0 Å². The van der Waals surface area contributed by atoms with E-state index in [1.807, 2.05) is 0 Å². The molecule has 0 aliphatic carbocycles. The van der Waals surface area contributed by atoms with E-state index in [1.54, 1.807) is 43.3 Å². The summed E-state index contributed by atoms with van der Waals surface area (Å²) in [7, 11) is 0. The number of rotatable bonds is 7. The topological polar surface area (TPSA) is 61.8 Å². The van der Waals surface area contributed by atoms with Crippen molar-refractivity contribution in [1.29, 1.82) is 0 Å². The van der Waals surface area contributed by atoms with Crippen LogP contribution in [-0.4, -0.2) is 11.9 Å². The van der Waals surface area contributed by atoms with Crippen LogP contribution >= 0.6 is 0 Å². The molecule has 28 heavy (non-hydrogen) atoms. The molecule has 144 valence electrons. The molecule has 0 aromatic heterocycles. The summed E-state index contributed by atoms with van der Waals surface area (Å²) in [5.41, 5.74) is 1.49. The van der Waals surface area contributed by atoms with Gasteiger partial charge in [0, 0.05) is 22.8 Å². The Morgan fingerprint density at radius 1 is 0.893 bits per heavy atom. The molecular weight excluding hydrogens is 363 g/mol. The molecule has 0 radical (unpaired) electrons. The highest BCUT2D eigenvalue weighted by Gasteiger charge is 2.09. The van der Waals surface area contributed by atoms with Crippen LogP contribution in [0.4, 0.5) is 4.39 Å². The number of benzene rings is 2. The van der Waals surface area contributed by atoms with E-state index in [4.69, 9.17) is 14.2 Å². The summed E-state index contributed by atoms with van der Waals surface area (Å²) < 4.78 is 29.4. The molecule has 0 heterocycles. The maximum atomic E-state index is 14.4. The zero-order chi connectivity index (χ0) is 20.7. The lowest BCUT2D eigenvalue weighted by molar-refractivity contribution is -0.133. The van der Waals surface area contributed by atoms with Crippen molar-refractivity contribution < 1.29 is 28.2 Å². The molecule has 0 spiro atoms. The van der Waals surface area contributed by atoms with E-state index in [0.717, 1.165) is 12.5 Å².